The van der Waals surface area contributed by atoms with Gasteiger partial charge in [-0.25, -0.2) is 9.98 Å². The van der Waals surface area contributed by atoms with E-state index in [1.165, 1.54) is 11.8 Å². The van der Waals surface area contributed by atoms with Gasteiger partial charge in [0.1, 0.15) is 6.04 Å². The molecule has 26 heavy (non-hydrogen) atoms. The van der Waals surface area contributed by atoms with Crippen molar-refractivity contribution in [3.05, 3.63) is 16.1 Å². The van der Waals surface area contributed by atoms with Crippen LogP contribution in [0.1, 0.15) is 44.3 Å². The van der Waals surface area contributed by atoms with Gasteiger partial charge in [-0.3, -0.25) is 4.90 Å². The lowest BCUT2D eigenvalue weighted by molar-refractivity contribution is -0.181. The van der Waals surface area contributed by atoms with Gasteiger partial charge in [0.15, 0.2) is 5.96 Å². The lowest BCUT2D eigenvalue weighted by Gasteiger charge is -2.39. The highest BCUT2D eigenvalue weighted by atomic mass is 32.1. The number of rotatable bonds is 5. The zero-order chi connectivity index (χ0) is 19.3. The Balaban J connectivity index is 1.97. The molecule has 0 bridgehead atoms. The number of guanidine groups is 1. The summed E-state index contributed by atoms with van der Waals surface area (Å²) < 4.78 is 38.6. The average Bonchev–Trinajstić information content (AvgIpc) is 3.06. The largest absolute Gasteiger partial charge is 0.403 e. The van der Waals surface area contributed by atoms with Gasteiger partial charge in [-0.05, 0) is 13.8 Å². The number of aromatic nitrogens is 1. The van der Waals surface area contributed by atoms with E-state index in [0.29, 0.717) is 45.2 Å². The Hall–Kier alpha value is -1.35. The molecule has 0 saturated carbocycles. The minimum Gasteiger partial charge on any atom is -0.357 e. The maximum Gasteiger partial charge on any atom is 0.403 e. The Morgan fingerprint density at radius 3 is 2.42 bits per heavy atom. The molecule has 5 nitrogen and oxygen atoms in total. The molecule has 1 aromatic rings. The van der Waals surface area contributed by atoms with Crippen molar-refractivity contribution in [1.82, 2.24) is 20.1 Å². The topological polar surface area (TPSA) is 43.8 Å². The molecule has 9 heteroatoms. The van der Waals surface area contributed by atoms with E-state index in [9.17, 15) is 13.2 Å². The van der Waals surface area contributed by atoms with Crippen molar-refractivity contribution in [2.24, 2.45) is 4.99 Å². The normalized spacial score (nSPS) is 18.5. The summed E-state index contributed by atoms with van der Waals surface area (Å²) >= 11 is 1.64. The molecule has 1 aliphatic rings. The van der Waals surface area contributed by atoms with Crippen molar-refractivity contribution in [1.29, 1.82) is 0 Å². The monoisotopic (exact) mass is 391 g/mol. The molecule has 1 atom stereocenters. The third kappa shape index (κ3) is 5.57. The van der Waals surface area contributed by atoms with E-state index in [4.69, 9.17) is 0 Å². The smallest absolute Gasteiger partial charge is 0.357 e. The van der Waals surface area contributed by atoms with Crippen LogP contribution in [0.25, 0.3) is 0 Å². The molecule has 0 radical (unpaired) electrons. The summed E-state index contributed by atoms with van der Waals surface area (Å²) in [5.74, 6) is 1.14. The molecule has 2 heterocycles. The molecule has 2 rings (SSSR count). The van der Waals surface area contributed by atoms with Crippen LogP contribution in [-0.2, 0) is 6.54 Å². The number of nitrogens with zero attached hydrogens (tertiary/aromatic N) is 4. The molecule has 0 spiro atoms. The third-order valence-electron chi connectivity index (χ3n) is 4.42. The van der Waals surface area contributed by atoms with E-state index in [1.54, 1.807) is 11.3 Å². The first-order chi connectivity index (χ1) is 12.2. The number of halogens is 3. The Morgan fingerprint density at radius 2 is 1.92 bits per heavy atom. The zero-order valence-corrected chi connectivity index (χ0v) is 16.6. The van der Waals surface area contributed by atoms with Crippen molar-refractivity contribution in [3.8, 4) is 0 Å². The Morgan fingerprint density at radius 1 is 1.27 bits per heavy atom. The first-order valence-electron chi connectivity index (χ1n) is 9.00. The van der Waals surface area contributed by atoms with Crippen molar-refractivity contribution >= 4 is 17.3 Å². The molecule has 1 fully saturated rings. The number of thiazole rings is 1. The van der Waals surface area contributed by atoms with Crippen LogP contribution in [0, 0.1) is 0 Å². The summed E-state index contributed by atoms with van der Waals surface area (Å²) in [5.41, 5.74) is 0.929. The molecular weight excluding hydrogens is 363 g/mol. The minimum absolute atomic E-state index is 0.374. The highest BCUT2D eigenvalue weighted by Gasteiger charge is 2.41. The molecule has 0 aromatic carbocycles. The first-order valence-corrected chi connectivity index (χ1v) is 9.88. The fourth-order valence-electron chi connectivity index (χ4n) is 2.77. The summed E-state index contributed by atoms with van der Waals surface area (Å²) in [6.45, 7) is 10.4. The molecule has 0 aliphatic carbocycles. The van der Waals surface area contributed by atoms with Crippen LogP contribution in [0.2, 0.25) is 0 Å². The number of hydrogen-bond donors (Lipinski definition) is 1. The molecule has 0 amide bonds. The Kier molecular flexibility index (Phi) is 7.28. The van der Waals surface area contributed by atoms with Crippen LogP contribution in [0.4, 0.5) is 13.2 Å². The van der Waals surface area contributed by atoms with Crippen molar-refractivity contribution in [2.45, 2.75) is 52.4 Å². The van der Waals surface area contributed by atoms with Gasteiger partial charge in [-0.1, -0.05) is 13.8 Å². The highest BCUT2D eigenvalue weighted by molar-refractivity contribution is 7.09. The summed E-state index contributed by atoms with van der Waals surface area (Å²) in [7, 11) is 0. The summed E-state index contributed by atoms with van der Waals surface area (Å²) in [6.07, 6.45) is -4.18. The van der Waals surface area contributed by atoms with Gasteiger partial charge in [0.2, 0.25) is 0 Å². The Labute approximate surface area is 157 Å². The summed E-state index contributed by atoms with van der Waals surface area (Å²) in [5, 5.41) is 6.35. The first kappa shape index (κ1) is 21.0. The average molecular weight is 392 g/mol. The molecule has 1 aromatic heterocycles. The Bertz CT molecular complexity index is 591. The van der Waals surface area contributed by atoms with E-state index in [1.807, 2.05) is 17.2 Å². The van der Waals surface area contributed by atoms with Gasteiger partial charge >= 0.3 is 6.18 Å². The van der Waals surface area contributed by atoms with E-state index >= 15 is 0 Å². The van der Waals surface area contributed by atoms with Crippen LogP contribution in [0.5, 0.6) is 0 Å². The van der Waals surface area contributed by atoms with E-state index in [-0.39, 0.29) is 0 Å². The maximum atomic E-state index is 12.9. The summed E-state index contributed by atoms with van der Waals surface area (Å²) in [4.78, 5) is 12.7. The van der Waals surface area contributed by atoms with E-state index < -0.39 is 12.2 Å². The van der Waals surface area contributed by atoms with Crippen LogP contribution >= 0.6 is 11.3 Å². The van der Waals surface area contributed by atoms with Crippen molar-refractivity contribution in [3.63, 3.8) is 0 Å². The number of hydrogen-bond acceptors (Lipinski definition) is 4. The molecule has 1 unspecified atom stereocenters. The van der Waals surface area contributed by atoms with Gasteiger partial charge in [-0.2, -0.15) is 13.2 Å². The second-order valence-electron chi connectivity index (χ2n) is 6.74. The van der Waals surface area contributed by atoms with Crippen LogP contribution in [0.15, 0.2) is 10.4 Å². The van der Waals surface area contributed by atoms with E-state index in [0.717, 1.165) is 16.7 Å². The van der Waals surface area contributed by atoms with E-state index in [2.05, 4.69) is 29.1 Å². The second-order valence-corrected chi connectivity index (χ2v) is 7.63. The van der Waals surface area contributed by atoms with Gasteiger partial charge in [0.05, 0.1) is 17.2 Å². The number of aliphatic imine (C=N–C) groups is 1. The molecule has 1 saturated heterocycles. The second kappa shape index (κ2) is 9.03. The standard InChI is InChI=1S/C17H28F3N5S/c1-5-21-16(22-10-14-11-26-15(23-14)12(2)3)25-8-6-24(7-9-25)13(4)17(18,19)20/h11-13H,5-10H2,1-4H3,(H,21,22). The number of nitrogens with one attached hydrogen (secondary N) is 1. The number of piperazine rings is 1. The summed E-state index contributed by atoms with van der Waals surface area (Å²) in [6, 6.07) is -1.41. The fourth-order valence-corrected chi connectivity index (χ4v) is 3.60. The van der Waals surface area contributed by atoms with Gasteiger partial charge < -0.3 is 10.2 Å². The van der Waals surface area contributed by atoms with Crippen molar-refractivity contribution < 1.29 is 13.2 Å². The lowest BCUT2D eigenvalue weighted by Crippen LogP contribution is -2.56. The molecule has 1 aliphatic heterocycles. The zero-order valence-electron chi connectivity index (χ0n) is 15.8. The predicted molar refractivity (Wildman–Crippen MR) is 99.7 cm³/mol. The third-order valence-corrected chi connectivity index (χ3v) is 5.62. The number of alkyl halides is 3. The van der Waals surface area contributed by atoms with Crippen LogP contribution in [-0.4, -0.2) is 65.7 Å². The fraction of sp³-hybridized carbons (Fsp3) is 0.765. The van der Waals surface area contributed by atoms with Gasteiger partial charge in [-0.15, -0.1) is 11.3 Å². The molecular formula is C17H28F3N5S. The van der Waals surface area contributed by atoms with Crippen LogP contribution in [0.3, 0.4) is 0 Å². The quantitative estimate of drug-likeness (QED) is 0.618. The molecule has 1 N–H and O–H groups in total. The van der Waals surface area contributed by atoms with Crippen molar-refractivity contribution in [2.75, 3.05) is 32.7 Å². The highest BCUT2D eigenvalue weighted by Crippen LogP contribution is 2.25. The maximum absolute atomic E-state index is 12.9. The predicted octanol–water partition coefficient (Wildman–Crippen LogP) is 3.30. The van der Waals surface area contributed by atoms with Crippen LogP contribution < -0.4 is 5.32 Å². The minimum atomic E-state index is -4.18. The van der Waals surface area contributed by atoms with Gasteiger partial charge in [0, 0.05) is 44.0 Å². The van der Waals surface area contributed by atoms with Gasteiger partial charge in [0.25, 0.3) is 0 Å². The lowest BCUT2D eigenvalue weighted by atomic mass is 10.2. The SMILES string of the molecule is CCNC(=NCc1csc(C(C)C)n1)N1CCN(C(C)C(F)(F)F)CC1. The molecule has 148 valence electrons.